The van der Waals surface area contributed by atoms with E-state index in [1.54, 1.807) is 0 Å². The molecular formula is C34H57N2O4+. The zero-order valence-corrected chi connectivity index (χ0v) is 25.7. The number of hydrogen-bond acceptors (Lipinski definition) is 5. The Hall–Kier alpha value is -0.950. The number of aliphatic hydroxyl groups is 1. The van der Waals surface area contributed by atoms with Gasteiger partial charge in [-0.15, -0.1) is 0 Å². The predicted molar refractivity (Wildman–Crippen MR) is 158 cm³/mol. The third-order valence-corrected chi connectivity index (χ3v) is 13.6. The lowest BCUT2D eigenvalue weighted by Crippen LogP contribution is -2.63. The van der Waals surface area contributed by atoms with Gasteiger partial charge in [0.2, 0.25) is 0 Å². The van der Waals surface area contributed by atoms with E-state index in [1.807, 2.05) is 6.92 Å². The first kappa shape index (κ1) is 29.1. The number of ether oxygens (including phenoxy) is 2. The molecule has 0 unspecified atom stereocenters. The van der Waals surface area contributed by atoms with Crippen LogP contribution in [-0.4, -0.2) is 90.7 Å². The first-order valence-electron chi connectivity index (χ1n) is 16.9. The van der Waals surface area contributed by atoms with E-state index in [0.717, 1.165) is 56.6 Å². The van der Waals surface area contributed by atoms with Crippen molar-refractivity contribution in [2.45, 2.75) is 116 Å². The summed E-state index contributed by atoms with van der Waals surface area (Å²) in [5.74, 6) is 2.62. The quantitative estimate of drug-likeness (QED) is 0.277. The second-order valence-corrected chi connectivity index (χ2v) is 15.2. The van der Waals surface area contributed by atoms with Crippen LogP contribution in [0.25, 0.3) is 0 Å². The maximum absolute atomic E-state index is 12.9. The molecular weight excluding hydrogens is 500 g/mol. The predicted octanol–water partition coefficient (Wildman–Crippen LogP) is 5.19. The minimum Gasteiger partial charge on any atom is -0.455 e. The molecule has 10 atom stereocenters. The summed E-state index contributed by atoms with van der Waals surface area (Å²) in [5.41, 5.74) is 0.333. The number of esters is 1. The summed E-state index contributed by atoms with van der Waals surface area (Å²) in [5, 5.41) is 11.3. The van der Waals surface area contributed by atoms with Crippen molar-refractivity contribution in [3.8, 4) is 0 Å². The van der Waals surface area contributed by atoms with Gasteiger partial charge in [0.15, 0.2) is 6.10 Å². The molecule has 6 nitrogen and oxygen atoms in total. The van der Waals surface area contributed by atoms with E-state index < -0.39 is 0 Å². The summed E-state index contributed by atoms with van der Waals surface area (Å²) in [6.45, 7) is 18.1. The second kappa shape index (κ2) is 11.3. The molecule has 2 aliphatic heterocycles. The fourth-order valence-corrected chi connectivity index (χ4v) is 11.5. The lowest BCUT2D eigenvalue weighted by atomic mass is 9.44. The smallest absolute Gasteiger partial charge is 0.306 e. The van der Waals surface area contributed by atoms with Crippen molar-refractivity contribution in [2.75, 3.05) is 45.9 Å². The molecule has 0 radical (unpaired) electrons. The number of carbonyl (C=O) groups is 1. The maximum atomic E-state index is 12.9. The Bertz CT molecular complexity index is 929. The summed E-state index contributed by atoms with van der Waals surface area (Å²) in [7, 11) is 0. The highest BCUT2D eigenvalue weighted by atomic mass is 16.5. The normalized spacial score (nSPS) is 47.0. The van der Waals surface area contributed by atoms with Gasteiger partial charge in [-0.05, 0) is 93.0 Å². The SMILES string of the molecule is C=CC[N+]1([C@H]2C[C@H]3[C@@H]4CC[C@H]5C[C@H](O)[C@H](N6CCOCC6)C[C@]5(C)[C@H]4CC[C@]3(C)[C@H]2OC(=O)CC)CCCCC1. The van der Waals surface area contributed by atoms with E-state index in [4.69, 9.17) is 9.47 Å². The molecule has 6 rings (SSSR count). The van der Waals surface area contributed by atoms with Crippen molar-refractivity contribution >= 4 is 5.97 Å². The third-order valence-electron chi connectivity index (χ3n) is 13.6. The summed E-state index contributed by atoms with van der Waals surface area (Å²) in [6, 6.07) is 0.656. The molecule has 6 fully saturated rings. The highest BCUT2D eigenvalue weighted by molar-refractivity contribution is 5.69. The largest absolute Gasteiger partial charge is 0.455 e. The zero-order valence-electron chi connectivity index (χ0n) is 25.7. The molecule has 2 heterocycles. The van der Waals surface area contributed by atoms with Crippen molar-refractivity contribution in [1.29, 1.82) is 0 Å². The van der Waals surface area contributed by atoms with E-state index in [9.17, 15) is 9.90 Å². The lowest BCUT2D eigenvalue weighted by Gasteiger charge is -2.62. The molecule has 0 aromatic carbocycles. The van der Waals surface area contributed by atoms with Crippen molar-refractivity contribution < 1.29 is 23.9 Å². The number of rotatable bonds is 6. The van der Waals surface area contributed by atoms with Crippen LogP contribution in [0.3, 0.4) is 0 Å². The van der Waals surface area contributed by atoms with Gasteiger partial charge in [0.25, 0.3) is 0 Å². The molecule has 4 saturated carbocycles. The van der Waals surface area contributed by atoms with Gasteiger partial charge in [-0.25, -0.2) is 0 Å². The van der Waals surface area contributed by atoms with E-state index in [0.29, 0.717) is 36.1 Å². The van der Waals surface area contributed by atoms with Crippen LogP contribution in [-0.2, 0) is 14.3 Å². The Balaban J connectivity index is 1.31. The van der Waals surface area contributed by atoms with Gasteiger partial charge in [0.05, 0.1) is 39.0 Å². The van der Waals surface area contributed by atoms with Crippen molar-refractivity contribution in [3.63, 3.8) is 0 Å². The molecule has 0 amide bonds. The van der Waals surface area contributed by atoms with Gasteiger partial charge in [-0.3, -0.25) is 9.69 Å². The molecule has 0 spiro atoms. The van der Waals surface area contributed by atoms with Gasteiger partial charge in [-0.1, -0.05) is 27.4 Å². The van der Waals surface area contributed by atoms with E-state index in [2.05, 4.69) is 31.4 Å². The van der Waals surface area contributed by atoms with E-state index in [-0.39, 0.29) is 35.0 Å². The van der Waals surface area contributed by atoms with Crippen LogP contribution in [0.2, 0.25) is 0 Å². The number of hydrogen-bond donors (Lipinski definition) is 1. The zero-order chi connectivity index (χ0) is 28.1. The van der Waals surface area contributed by atoms with Crippen molar-refractivity contribution in [3.05, 3.63) is 12.7 Å². The van der Waals surface area contributed by atoms with Gasteiger partial charge in [0.1, 0.15) is 6.04 Å². The number of fused-ring (bicyclic) bond motifs is 5. The van der Waals surface area contributed by atoms with Crippen molar-refractivity contribution in [1.82, 2.24) is 4.90 Å². The minimum absolute atomic E-state index is 0.0157. The molecule has 2 saturated heterocycles. The summed E-state index contributed by atoms with van der Waals surface area (Å²) in [4.78, 5) is 15.5. The molecule has 4 aliphatic carbocycles. The minimum atomic E-state index is -0.211. The molecule has 40 heavy (non-hydrogen) atoms. The standard InChI is InChI=1S/C34H57N2O4/c1-5-16-36(17-8-7-9-18-36)29-22-27-25-11-10-24-21-30(37)28(35-14-19-39-20-15-35)23-34(24,4)26(25)12-13-33(27,3)32(29)40-31(38)6-2/h5,24-30,32,37H,1,6-23H2,2-4H3/q+1/t24-,25+,26-,27-,28+,29-,30-,32-,33-,34-/m0/s1. The van der Waals surface area contributed by atoms with Gasteiger partial charge >= 0.3 is 5.97 Å². The number of quaternary nitrogens is 1. The molecule has 0 bridgehead atoms. The fourth-order valence-electron chi connectivity index (χ4n) is 11.5. The monoisotopic (exact) mass is 557 g/mol. The first-order valence-corrected chi connectivity index (χ1v) is 16.9. The molecule has 0 aromatic heterocycles. The Morgan fingerprint density at radius 3 is 2.52 bits per heavy atom. The van der Waals surface area contributed by atoms with Gasteiger partial charge in [-0.2, -0.15) is 0 Å². The number of piperidine rings is 1. The summed E-state index contributed by atoms with van der Waals surface area (Å²) < 4.78 is 13.3. The Labute approximate surface area is 243 Å². The average molecular weight is 558 g/mol. The van der Waals surface area contributed by atoms with E-state index in [1.165, 1.54) is 58.0 Å². The lowest BCUT2D eigenvalue weighted by molar-refractivity contribution is -0.952. The van der Waals surface area contributed by atoms with Crippen LogP contribution in [0.15, 0.2) is 12.7 Å². The fraction of sp³-hybridized carbons (Fsp3) is 0.912. The van der Waals surface area contributed by atoms with Gasteiger partial charge in [0, 0.05) is 37.4 Å². The number of morpholine rings is 1. The Morgan fingerprint density at radius 1 is 1.07 bits per heavy atom. The number of aliphatic hydroxyl groups excluding tert-OH is 1. The molecule has 226 valence electrons. The maximum Gasteiger partial charge on any atom is 0.306 e. The average Bonchev–Trinajstić information content (AvgIpc) is 3.26. The third kappa shape index (κ3) is 4.72. The second-order valence-electron chi connectivity index (χ2n) is 15.2. The molecule has 0 aromatic rings. The van der Waals surface area contributed by atoms with Crippen LogP contribution >= 0.6 is 0 Å². The van der Waals surface area contributed by atoms with Crippen LogP contribution in [0.4, 0.5) is 0 Å². The van der Waals surface area contributed by atoms with Crippen LogP contribution in [0.5, 0.6) is 0 Å². The van der Waals surface area contributed by atoms with Crippen LogP contribution in [0, 0.1) is 34.5 Å². The van der Waals surface area contributed by atoms with Crippen molar-refractivity contribution in [2.24, 2.45) is 34.5 Å². The Morgan fingerprint density at radius 2 is 1.82 bits per heavy atom. The summed E-state index contributed by atoms with van der Waals surface area (Å²) in [6.07, 6.45) is 14.5. The van der Waals surface area contributed by atoms with Gasteiger partial charge < -0.3 is 19.1 Å². The molecule has 1 N–H and O–H groups in total. The molecule has 6 heteroatoms. The Kier molecular flexibility index (Phi) is 8.22. The highest BCUT2D eigenvalue weighted by Crippen LogP contribution is 2.67. The van der Waals surface area contributed by atoms with Crippen LogP contribution in [0.1, 0.15) is 91.4 Å². The first-order chi connectivity index (χ1) is 19.3. The number of carbonyl (C=O) groups excluding carboxylic acids is 1. The number of nitrogens with zero attached hydrogens (tertiary/aromatic N) is 2. The topological polar surface area (TPSA) is 59.0 Å². The molecule has 6 aliphatic rings. The number of likely N-dealkylation sites (tertiary alicyclic amines) is 1. The highest BCUT2D eigenvalue weighted by Gasteiger charge is 2.67. The summed E-state index contributed by atoms with van der Waals surface area (Å²) >= 11 is 0. The van der Waals surface area contributed by atoms with Crippen LogP contribution < -0.4 is 0 Å². The van der Waals surface area contributed by atoms with E-state index >= 15 is 0 Å².